The van der Waals surface area contributed by atoms with Crippen LogP contribution in [0, 0.1) is 5.92 Å². The van der Waals surface area contributed by atoms with E-state index in [4.69, 9.17) is 9.15 Å². The molecule has 0 saturated carbocycles. The zero-order valence-corrected chi connectivity index (χ0v) is 11.2. The molecule has 102 valence electrons. The quantitative estimate of drug-likeness (QED) is 0.687. The van der Waals surface area contributed by atoms with Crippen LogP contribution in [-0.2, 0) is 11.2 Å². The van der Waals surface area contributed by atoms with Crippen molar-refractivity contribution in [1.82, 2.24) is 10.6 Å². The molecule has 1 saturated heterocycles. The Morgan fingerprint density at radius 3 is 3.06 bits per heavy atom. The molecule has 0 radical (unpaired) electrons. The molecule has 2 N–H and O–H groups in total. The minimum absolute atomic E-state index is 0.515. The van der Waals surface area contributed by atoms with E-state index in [-0.39, 0.29) is 0 Å². The average Bonchev–Trinajstić information content (AvgIpc) is 3.03. The second-order valence-corrected chi connectivity index (χ2v) is 4.89. The number of hydrogen-bond acceptors (Lipinski definition) is 4. The van der Waals surface area contributed by atoms with Crippen LogP contribution in [0.5, 0.6) is 0 Å². The van der Waals surface area contributed by atoms with Crippen molar-refractivity contribution >= 4 is 0 Å². The lowest BCUT2D eigenvalue weighted by atomic mass is 10.0. The second-order valence-electron chi connectivity index (χ2n) is 4.89. The monoisotopic (exact) mass is 252 g/mol. The molecule has 2 unspecified atom stereocenters. The molecule has 0 spiro atoms. The number of furan rings is 1. The highest BCUT2D eigenvalue weighted by Crippen LogP contribution is 2.12. The van der Waals surface area contributed by atoms with Crippen molar-refractivity contribution in [3.63, 3.8) is 0 Å². The Morgan fingerprint density at radius 2 is 2.28 bits per heavy atom. The molecule has 1 fully saturated rings. The fraction of sp³-hybridized carbons (Fsp3) is 0.714. The van der Waals surface area contributed by atoms with Crippen molar-refractivity contribution in [3.8, 4) is 0 Å². The van der Waals surface area contributed by atoms with Gasteiger partial charge in [0, 0.05) is 31.5 Å². The third kappa shape index (κ3) is 4.12. The summed E-state index contributed by atoms with van der Waals surface area (Å²) < 4.78 is 10.9. The normalized spacial score (nSPS) is 23.6. The Bertz CT molecular complexity index is 314. The van der Waals surface area contributed by atoms with E-state index in [0.717, 1.165) is 45.0 Å². The Hall–Kier alpha value is -0.840. The van der Waals surface area contributed by atoms with Crippen LogP contribution in [0.25, 0.3) is 0 Å². The smallest absolute Gasteiger partial charge is 0.105 e. The summed E-state index contributed by atoms with van der Waals surface area (Å²) in [7, 11) is 0. The fourth-order valence-electron chi connectivity index (χ4n) is 2.31. The average molecular weight is 252 g/mol. The van der Waals surface area contributed by atoms with Crippen molar-refractivity contribution in [2.24, 2.45) is 5.92 Å². The molecule has 4 heteroatoms. The van der Waals surface area contributed by atoms with E-state index >= 15 is 0 Å². The molecule has 0 bridgehead atoms. The van der Waals surface area contributed by atoms with E-state index in [1.165, 1.54) is 6.42 Å². The van der Waals surface area contributed by atoms with Gasteiger partial charge >= 0.3 is 0 Å². The molecule has 0 aromatic carbocycles. The minimum Gasteiger partial charge on any atom is -0.469 e. The standard InChI is InChI=1S/C14H24N2O2/c1-2-6-16-14-11-17-10-12(14)9-15-7-5-13-4-3-8-18-13/h3-4,8,12,14-16H,2,5-7,9-11H2,1H3. The van der Waals surface area contributed by atoms with Gasteiger partial charge in [0.1, 0.15) is 5.76 Å². The lowest BCUT2D eigenvalue weighted by Gasteiger charge is -2.19. The summed E-state index contributed by atoms with van der Waals surface area (Å²) in [5, 5.41) is 7.04. The fourth-order valence-corrected chi connectivity index (χ4v) is 2.31. The summed E-state index contributed by atoms with van der Waals surface area (Å²) in [4.78, 5) is 0. The van der Waals surface area contributed by atoms with Gasteiger partial charge in [-0.3, -0.25) is 0 Å². The first kappa shape index (κ1) is 13.6. The van der Waals surface area contributed by atoms with Gasteiger partial charge in [0.2, 0.25) is 0 Å². The highest BCUT2D eigenvalue weighted by atomic mass is 16.5. The predicted molar refractivity (Wildman–Crippen MR) is 71.7 cm³/mol. The van der Waals surface area contributed by atoms with Crippen LogP contribution in [0.4, 0.5) is 0 Å². The topological polar surface area (TPSA) is 46.4 Å². The first-order valence-corrected chi connectivity index (χ1v) is 6.94. The molecule has 1 aromatic rings. The highest BCUT2D eigenvalue weighted by molar-refractivity contribution is 4.98. The molecular weight excluding hydrogens is 228 g/mol. The first-order chi connectivity index (χ1) is 8.90. The van der Waals surface area contributed by atoms with Gasteiger partial charge in [-0.1, -0.05) is 6.92 Å². The van der Waals surface area contributed by atoms with Gasteiger partial charge in [0.15, 0.2) is 0 Å². The van der Waals surface area contributed by atoms with Gasteiger partial charge < -0.3 is 19.8 Å². The van der Waals surface area contributed by atoms with E-state index in [1.807, 2.05) is 12.1 Å². The van der Waals surface area contributed by atoms with Crippen molar-refractivity contribution in [3.05, 3.63) is 24.2 Å². The van der Waals surface area contributed by atoms with E-state index in [9.17, 15) is 0 Å². The molecule has 0 aliphatic carbocycles. The summed E-state index contributed by atoms with van der Waals surface area (Å²) in [6.45, 7) is 6.97. The number of nitrogens with one attached hydrogen (secondary N) is 2. The van der Waals surface area contributed by atoms with Crippen LogP contribution in [0.15, 0.2) is 22.8 Å². The number of hydrogen-bond donors (Lipinski definition) is 2. The van der Waals surface area contributed by atoms with Crippen LogP contribution in [0.1, 0.15) is 19.1 Å². The van der Waals surface area contributed by atoms with Crippen molar-refractivity contribution in [2.45, 2.75) is 25.8 Å². The lowest BCUT2D eigenvalue weighted by Crippen LogP contribution is -2.40. The van der Waals surface area contributed by atoms with Gasteiger partial charge in [0.25, 0.3) is 0 Å². The van der Waals surface area contributed by atoms with Crippen molar-refractivity contribution in [2.75, 3.05) is 32.8 Å². The van der Waals surface area contributed by atoms with Gasteiger partial charge in [-0.25, -0.2) is 0 Å². The Morgan fingerprint density at radius 1 is 1.33 bits per heavy atom. The van der Waals surface area contributed by atoms with Crippen LogP contribution >= 0.6 is 0 Å². The van der Waals surface area contributed by atoms with Crippen LogP contribution in [0.2, 0.25) is 0 Å². The lowest BCUT2D eigenvalue weighted by molar-refractivity contribution is 0.182. The summed E-state index contributed by atoms with van der Waals surface area (Å²) in [5.74, 6) is 1.64. The highest BCUT2D eigenvalue weighted by Gasteiger charge is 2.26. The van der Waals surface area contributed by atoms with E-state index in [2.05, 4.69) is 17.6 Å². The maximum absolute atomic E-state index is 5.55. The third-order valence-electron chi connectivity index (χ3n) is 3.39. The molecular formula is C14H24N2O2. The predicted octanol–water partition coefficient (Wildman–Crippen LogP) is 1.43. The minimum atomic E-state index is 0.515. The molecule has 18 heavy (non-hydrogen) atoms. The molecule has 1 aliphatic rings. The van der Waals surface area contributed by atoms with E-state index < -0.39 is 0 Å². The Kier molecular flexibility index (Phi) is 5.71. The molecule has 2 rings (SSSR count). The summed E-state index contributed by atoms with van der Waals surface area (Å²) in [5.41, 5.74) is 0. The zero-order valence-electron chi connectivity index (χ0n) is 11.2. The third-order valence-corrected chi connectivity index (χ3v) is 3.39. The van der Waals surface area contributed by atoms with Gasteiger partial charge in [-0.2, -0.15) is 0 Å². The largest absolute Gasteiger partial charge is 0.469 e. The molecule has 2 heterocycles. The molecule has 1 aromatic heterocycles. The number of rotatable bonds is 8. The zero-order chi connectivity index (χ0) is 12.6. The summed E-state index contributed by atoms with van der Waals surface area (Å²) in [6.07, 6.45) is 3.85. The van der Waals surface area contributed by atoms with Gasteiger partial charge in [-0.15, -0.1) is 0 Å². The van der Waals surface area contributed by atoms with E-state index in [0.29, 0.717) is 12.0 Å². The molecule has 4 nitrogen and oxygen atoms in total. The van der Waals surface area contributed by atoms with Crippen molar-refractivity contribution in [1.29, 1.82) is 0 Å². The maximum atomic E-state index is 5.55. The van der Waals surface area contributed by atoms with Crippen LogP contribution in [0.3, 0.4) is 0 Å². The SMILES string of the molecule is CCCNC1COCC1CNCCc1ccco1. The van der Waals surface area contributed by atoms with E-state index in [1.54, 1.807) is 6.26 Å². The first-order valence-electron chi connectivity index (χ1n) is 6.94. The molecule has 0 amide bonds. The van der Waals surface area contributed by atoms with Gasteiger partial charge in [-0.05, 0) is 25.1 Å². The maximum Gasteiger partial charge on any atom is 0.105 e. The molecule has 1 aliphatic heterocycles. The number of ether oxygens (including phenoxy) is 1. The van der Waals surface area contributed by atoms with Crippen LogP contribution in [-0.4, -0.2) is 38.9 Å². The van der Waals surface area contributed by atoms with Crippen LogP contribution < -0.4 is 10.6 Å². The van der Waals surface area contributed by atoms with Crippen molar-refractivity contribution < 1.29 is 9.15 Å². The Balaban J connectivity index is 1.60. The second kappa shape index (κ2) is 7.56. The summed E-state index contributed by atoms with van der Waals surface area (Å²) >= 11 is 0. The molecule has 2 atom stereocenters. The Labute approximate surface area is 109 Å². The summed E-state index contributed by atoms with van der Waals surface area (Å²) in [6, 6.07) is 4.47. The van der Waals surface area contributed by atoms with Gasteiger partial charge in [0.05, 0.1) is 19.5 Å².